The monoisotopic (exact) mass is 506 g/mol. The first-order chi connectivity index (χ1) is 17.3. The summed E-state index contributed by atoms with van der Waals surface area (Å²) < 4.78 is 33.4. The van der Waals surface area contributed by atoms with Crippen LogP contribution in [0.4, 0.5) is 4.39 Å². The minimum Gasteiger partial charge on any atom is -0.494 e. The lowest BCUT2D eigenvalue weighted by Gasteiger charge is -2.14. The van der Waals surface area contributed by atoms with Crippen molar-refractivity contribution < 1.29 is 28.6 Å². The summed E-state index contributed by atoms with van der Waals surface area (Å²) in [6.07, 6.45) is -0.153. The quantitative estimate of drug-likeness (QED) is 0.233. The molecule has 9 heteroatoms. The predicted octanol–water partition coefficient (Wildman–Crippen LogP) is 5.59. The molecule has 0 radical (unpaired) electrons. The second-order valence-corrected chi connectivity index (χ2v) is 8.82. The fraction of sp³-hybridized carbons (Fsp3) is 0.185. The number of benzene rings is 3. The number of fused-ring (bicyclic) bond motifs is 1. The molecule has 0 bridgehead atoms. The van der Waals surface area contributed by atoms with Gasteiger partial charge in [0.1, 0.15) is 16.8 Å². The second-order valence-electron chi connectivity index (χ2n) is 8.29. The standard InChI is InChI=1S/C27H23FN2O5S/c1-15(2)35-19-8-5-17(6-9-19)26(31)20(12-16-4-11-24(34-3)21(28)13-16)25(27(32)33)18-7-10-22-23(14-18)30-36-29-22/h4-11,13-15H,12H2,1-3H3,(H,32,33)/b25-20+. The summed E-state index contributed by atoms with van der Waals surface area (Å²) >= 11 is 1.01. The van der Waals surface area contributed by atoms with E-state index >= 15 is 0 Å². The lowest BCUT2D eigenvalue weighted by Crippen LogP contribution is -2.14. The van der Waals surface area contributed by atoms with E-state index in [4.69, 9.17) is 9.47 Å². The Morgan fingerprint density at radius 2 is 1.67 bits per heavy atom. The van der Waals surface area contributed by atoms with Crippen molar-refractivity contribution >= 4 is 40.1 Å². The fourth-order valence-corrected chi connectivity index (χ4v) is 4.32. The van der Waals surface area contributed by atoms with Crippen LogP contribution in [0.5, 0.6) is 11.5 Å². The second kappa shape index (κ2) is 10.7. The summed E-state index contributed by atoms with van der Waals surface area (Å²) in [5.74, 6) is -1.74. The van der Waals surface area contributed by atoms with Gasteiger partial charge in [0.25, 0.3) is 0 Å². The maximum atomic E-state index is 14.4. The van der Waals surface area contributed by atoms with Crippen LogP contribution in [0.3, 0.4) is 0 Å². The van der Waals surface area contributed by atoms with Crippen molar-refractivity contribution in [3.8, 4) is 11.5 Å². The zero-order valence-electron chi connectivity index (χ0n) is 19.8. The highest BCUT2D eigenvalue weighted by Crippen LogP contribution is 2.29. The number of methoxy groups -OCH3 is 1. The molecule has 0 aliphatic carbocycles. The lowest BCUT2D eigenvalue weighted by molar-refractivity contribution is -0.130. The Morgan fingerprint density at radius 1 is 0.972 bits per heavy atom. The molecular formula is C27H23FN2O5S. The molecule has 0 atom stereocenters. The molecule has 0 spiro atoms. The van der Waals surface area contributed by atoms with Crippen molar-refractivity contribution in [2.45, 2.75) is 26.4 Å². The molecule has 36 heavy (non-hydrogen) atoms. The van der Waals surface area contributed by atoms with Gasteiger partial charge in [-0.1, -0.05) is 12.1 Å². The number of Topliss-reactive ketones (excluding diaryl/α,β-unsaturated/α-hetero) is 1. The Balaban J connectivity index is 1.85. The lowest BCUT2D eigenvalue weighted by atomic mass is 9.89. The first-order valence-electron chi connectivity index (χ1n) is 11.1. The van der Waals surface area contributed by atoms with Crippen molar-refractivity contribution in [3.63, 3.8) is 0 Å². The molecule has 0 saturated carbocycles. The Bertz CT molecular complexity index is 1460. The van der Waals surface area contributed by atoms with E-state index in [1.807, 2.05) is 13.8 Å². The topological polar surface area (TPSA) is 98.6 Å². The summed E-state index contributed by atoms with van der Waals surface area (Å²) in [6.45, 7) is 3.78. The Hall–Kier alpha value is -4.11. The number of allylic oxidation sites excluding steroid dienone is 1. The molecule has 0 saturated heterocycles. The molecule has 3 aromatic carbocycles. The van der Waals surface area contributed by atoms with Crippen molar-refractivity contribution in [3.05, 3.63) is 88.7 Å². The van der Waals surface area contributed by atoms with Gasteiger partial charge in [-0.25, -0.2) is 9.18 Å². The zero-order chi connectivity index (χ0) is 25.8. The number of carboxylic acids is 1. The normalized spacial score (nSPS) is 11.9. The number of aliphatic carboxylic acids is 1. The molecule has 0 unspecified atom stereocenters. The molecule has 1 heterocycles. The van der Waals surface area contributed by atoms with Gasteiger partial charge in [-0.05, 0) is 73.5 Å². The van der Waals surface area contributed by atoms with Gasteiger partial charge in [-0.3, -0.25) is 4.79 Å². The minimum absolute atomic E-state index is 0.00661. The van der Waals surface area contributed by atoms with Gasteiger partial charge in [0.05, 0.1) is 30.5 Å². The number of aromatic nitrogens is 2. The van der Waals surface area contributed by atoms with Crippen LogP contribution in [0.1, 0.15) is 35.3 Å². The number of carbonyl (C=O) groups excluding carboxylic acids is 1. The number of rotatable bonds is 9. The number of hydrogen-bond donors (Lipinski definition) is 1. The molecular weight excluding hydrogens is 483 g/mol. The fourth-order valence-electron chi connectivity index (χ4n) is 3.80. The van der Waals surface area contributed by atoms with Crippen LogP contribution in [-0.4, -0.2) is 38.8 Å². The maximum Gasteiger partial charge on any atom is 0.336 e. The molecule has 0 fully saturated rings. The molecule has 4 aromatic rings. The van der Waals surface area contributed by atoms with Crippen molar-refractivity contribution in [1.29, 1.82) is 0 Å². The van der Waals surface area contributed by atoms with Crippen molar-refractivity contribution in [2.75, 3.05) is 7.11 Å². The van der Waals surface area contributed by atoms with Gasteiger partial charge in [-0.2, -0.15) is 8.75 Å². The van der Waals surface area contributed by atoms with Crippen LogP contribution in [-0.2, 0) is 11.2 Å². The van der Waals surface area contributed by atoms with E-state index in [1.165, 1.54) is 19.2 Å². The number of ether oxygens (including phenoxy) is 2. The molecule has 4 rings (SSSR count). The minimum atomic E-state index is -1.28. The van der Waals surface area contributed by atoms with Gasteiger partial charge >= 0.3 is 5.97 Å². The molecule has 1 aromatic heterocycles. The number of nitrogens with zero attached hydrogens (tertiary/aromatic N) is 2. The number of carboxylic acid groups (broad SMARTS) is 1. The predicted molar refractivity (Wildman–Crippen MR) is 135 cm³/mol. The smallest absolute Gasteiger partial charge is 0.336 e. The van der Waals surface area contributed by atoms with Gasteiger partial charge in [0.15, 0.2) is 17.3 Å². The molecule has 7 nitrogen and oxygen atoms in total. The largest absolute Gasteiger partial charge is 0.494 e. The van der Waals surface area contributed by atoms with Gasteiger partial charge in [-0.15, -0.1) is 0 Å². The third kappa shape index (κ3) is 5.41. The average Bonchev–Trinajstić information content (AvgIpc) is 3.31. The summed E-state index contributed by atoms with van der Waals surface area (Å²) in [5.41, 5.74) is 1.98. The van der Waals surface area contributed by atoms with E-state index in [2.05, 4.69) is 8.75 Å². The van der Waals surface area contributed by atoms with Gasteiger partial charge in [0, 0.05) is 17.6 Å². The van der Waals surface area contributed by atoms with Crippen LogP contribution in [0, 0.1) is 5.82 Å². The average molecular weight is 507 g/mol. The Morgan fingerprint density at radius 3 is 2.31 bits per heavy atom. The van der Waals surface area contributed by atoms with Crippen LogP contribution in [0.25, 0.3) is 16.6 Å². The van der Waals surface area contributed by atoms with E-state index in [0.29, 0.717) is 27.9 Å². The van der Waals surface area contributed by atoms with E-state index in [1.54, 1.807) is 48.5 Å². The first kappa shape index (κ1) is 25.0. The number of carbonyl (C=O) groups is 2. The Kier molecular flexibility index (Phi) is 7.40. The molecule has 0 aliphatic rings. The van der Waals surface area contributed by atoms with Crippen LogP contribution < -0.4 is 9.47 Å². The maximum absolute atomic E-state index is 14.4. The molecule has 184 valence electrons. The van der Waals surface area contributed by atoms with E-state index in [9.17, 15) is 19.1 Å². The van der Waals surface area contributed by atoms with E-state index < -0.39 is 17.6 Å². The van der Waals surface area contributed by atoms with E-state index in [0.717, 1.165) is 11.7 Å². The first-order valence-corrected chi connectivity index (χ1v) is 11.8. The third-order valence-corrected chi connectivity index (χ3v) is 5.97. The van der Waals surface area contributed by atoms with Crippen LogP contribution in [0.15, 0.2) is 66.2 Å². The number of halogens is 1. The van der Waals surface area contributed by atoms with Gasteiger partial charge < -0.3 is 14.6 Å². The third-order valence-electron chi connectivity index (χ3n) is 5.42. The highest BCUT2D eigenvalue weighted by molar-refractivity contribution is 7.00. The zero-order valence-corrected chi connectivity index (χ0v) is 20.6. The number of ketones is 1. The molecule has 1 N–H and O–H groups in total. The Labute approximate surface area is 211 Å². The SMILES string of the molecule is COc1ccc(C/C(C(=O)c2ccc(OC(C)C)cc2)=C(\C(=O)O)c2ccc3nsnc3c2)cc1F. The van der Waals surface area contributed by atoms with Crippen molar-refractivity contribution in [2.24, 2.45) is 0 Å². The summed E-state index contributed by atoms with van der Waals surface area (Å²) in [6, 6.07) is 15.6. The summed E-state index contributed by atoms with van der Waals surface area (Å²) in [5, 5.41) is 10.2. The molecule has 0 amide bonds. The highest BCUT2D eigenvalue weighted by atomic mass is 32.1. The molecule has 0 aliphatic heterocycles. The van der Waals surface area contributed by atoms with Gasteiger partial charge in [0.2, 0.25) is 0 Å². The van der Waals surface area contributed by atoms with Crippen LogP contribution >= 0.6 is 11.7 Å². The number of hydrogen-bond acceptors (Lipinski definition) is 7. The summed E-state index contributed by atoms with van der Waals surface area (Å²) in [4.78, 5) is 26.2. The van der Waals surface area contributed by atoms with Crippen molar-refractivity contribution in [1.82, 2.24) is 8.75 Å². The summed E-state index contributed by atoms with van der Waals surface area (Å²) in [7, 11) is 1.35. The van der Waals surface area contributed by atoms with Crippen LogP contribution in [0.2, 0.25) is 0 Å². The highest BCUT2D eigenvalue weighted by Gasteiger charge is 2.25. The van der Waals surface area contributed by atoms with E-state index in [-0.39, 0.29) is 35.0 Å².